The van der Waals surface area contributed by atoms with Crippen molar-refractivity contribution < 1.29 is 13.2 Å². The van der Waals surface area contributed by atoms with E-state index in [9.17, 15) is 8.42 Å². The maximum Gasteiger partial charge on any atom is 0.215 e. The SMILES string of the molecule is COc1ccccc1CS(=O)(=O)NCCN(C)C. The molecular formula is C12H20N2O3S. The van der Waals surface area contributed by atoms with Gasteiger partial charge in [-0.1, -0.05) is 18.2 Å². The summed E-state index contributed by atoms with van der Waals surface area (Å²) >= 11 is 0. The summed E-state index contributed by atoms with van der Waals surface area (Å²) in [7, 11) is 2.01. The Morgan fingerprint density at radius 3 is 2.56 bits per heavy atom. The number of sulfonamides is 1. The van der Waals surface area contributed by atoms with Gasteiger partial charge < -0.3 is 9.64 Å². The molecule has 18 heavy (non-hydrogen) atoms. The monoisotopic (exact) mass is 272 g/mol. The summed E-state index contributed by atoms with van der Waals surface area (Å²) in [4.78, 5) is 1.92. The number of nitrogens with zero attached hydrogens (tertiary/aromatic N) is 1. The second kappa shape index (κ2) is 6.72. The molecule has 5 nitrogen and oxygen atoms in total. The van der Waals surface area contributed by atoms with E-state index in [4.69, 9.17) is 4.74 Å². The first-order valence-electron chi connectivity index (χ1n) is 5.68. The molecule has 0 aliphatic carbocycles. The molecule has 0 heterocycles. The van der Waals surface area contributed by atoms with Crippen LogP contribution < -0.4 is 9.46 Å². The summed E-state index contributed by atoms with van der Waals surface area (Å²) < 4.78 is 31.4. The average Bonchev–Trinajstić information content (AvgIpc) is 2.28. The minimum atomic E-state index is -3.32. The molecular weight excluding hydrogens is 252 g/mol. The van der Waals surface area contributed by atoms with Gasteiger partial charge in [-0.05, 0) is 20.2 Å². The number of hydrogen-bond donors (Lipinski definition) is 1. The molecule has 1 N–H and O–H groups in total. The number of ether oxygens (including phenoxy) is 1. The second-order valence-electron chi connectivity index (χ2n) is 4.27. The lowest BCUT2D eigenvalue weighted by molar-refractivity contribution is 0.409. The van der Waals surface area contributed by atoms with Crippen LogP contribution in [0.2, 0.25) is 0 Å². The highest BCUT2D eigenvalue weighted by atomic mass is 32.2. The number of methoxy groups -OCH3 is 1. The molecule has 0 aliphatic heterocycles. The Kier molecular flexibility index (Phi) is 5.58. The Morgan fingerprint density at radius 1 is 1.28 bits per heavy atom. The minimum absolute atomic E-state index is 0.0650. The van der Waals surface area contributed by atoms with Crippen LogP contribution in [0, 0.1) is 0 Å². The average molecular weight is 272 g/mol. The first kappa shape index (κ1) is 14.9. The molecule has 0 atom stereocenters. The summed E-state index contributed by atoms with van der Waals surface area (Å²) in [5, 5.41) is 0. The van der Waals surface area contributed by atoms with Gasteiger partial charge in [-0.3, -0.25) is 0 Å². The minimum Gasteiger partial charge on any atom is -0.496 e. The van der Waals surface area contributed by atoms with Gasteiger partial charge in [0, 0.05) is 18.7 Å². The molecule has 1 rings (SSSR count). The second-order valence-corrected chi connectivity index (χ2v) is 6.08. The third-order valence-corrected chi connectivity index (χ3v) is 3.75. The van der Waals surface area contributed by atoms with Crippen LogP contribution in [0.4, 0.5) is 0 Å². The molecule has 0 amide bonds. The van der Waals surface area contributed by atoms with Gasteiger partial charge in [-0.25, -0.2) is 13.1 Å². The van der Waals surface area contributed by atoms with Crippen molar-refractivity contribution in [3.8, 4) is 5.75 Å². The van der Waals surface area contributed by atoms with E-state index in [-0.39, 0.29) is 5.75 Å². The maximum atomic E-state index is 11.9. The van der Waals surface area contributed by atoms with Crippen LogP contribution in [0.15, 0.2) is 24.3 Å². The number of nitrogens with one attached hydrogen (secondary N) is 1. The molecule has 0 unspecified atom stereocenters. The Labute approximate surface area is 109 Å². The van der Waals surface area contributed by atoms with Crippen molar-refractivity contribution in [1.82, 2.24) is 9.62 Å². The van der Waals surface area contributed by atoms with Gasteiger partial charge >= 0.3 is 0 Å². The molecule has 0 spiro atoms. The van der Waals surface area contributed by atoms with E-state index in [1.807, 2.05) is 25.1 Å². The standard InChI is InChI=1S/C12H20N2O3S/c1-14(2)9-8-13-18(15,16)10-11-6-4-5-7-12(11)17-3/h4-7,13H,8-10H2,1-3H3. The highest BCUT2D eigenvalue weighted by molar-refractivity contribution is 7.88. The van der Waals surface area contributed by atoms with Crippen LogP contribution in [0.5, 0.6) is 5.75 Å². The van der Waals surface area contributed by atoms with Gasteiger partial charge in [-0.2, -0.15) is 0 Å². The van der Waals surface area contributed by atoms with Gasteiger partial charge in [0.05, 0.1) is 12.9 Å². The van der Waals surface area contributed by atoms with Crippen LogP contribution in [-0.2, 0) is 15.8 Å². The predicted molar refractivity (Wildman–Crippen MR) is 72.2 cm³/mol. The van der Waals surface area contributed by atoms with Gasteiger partial charge in [0.15, 0.2) is 0 Å². The van der Waals surface area contributed by atoms with Crippen LogP contribution in [-0.4, -0.2) is 47.6 Å². The van der Waals surface area contributed by atoms with E-state index >= 15 is 0 Å². The number of benzene rings is 1. The summed E-state index contributed by atoms with van der Waals surface area (Å²) in [6.45, 7) is 1.08. The van der Waals surface area contributed by atoms with E-state index in [2.05, 4.69) is 4.72 Å². The fraction of sp³-hybridized carbons (Fsp3) is 0.500. The van der Waals surface area contributed by atoms with Gasteiger partial charge in [0.1, 0.15) is 5.75 Å². The van der Waals surface area contributed by atoms with Crippen LogP contribution >= 0.6 is 0 Å². The van der Waals surface area contributed by atoms with Crippen molar-refractivity contribution in [3.05, 3.63) is 29.8 Å². The quantitative estimate of drug-likeness (QED) is 0.793. The van der Waals surface area contributed by atoms with Crippen molar-refractivity contribution >= 4 is 10.0 Å². The number of rotatable bonds is 7. The molecule has 0 saturated carbocycles. The zero-order chi connectivity index (χ0) is 13.6. The van der Waals surface area contributed by atoms with E-state index in [1.165, 1.54) is 7.11 Å². The summed E-state index contributed by atoms with van der Waals surface area (Å²) in [5.41, 5.74) is 0.664. The molecule has 102 valence electrons. The smallest absolute Gasteiger partial charge is 0.215 e. The van der Waals surface area contributed by atoms with Gasteiger partial charge in [0.25, 0.3) is 0 Å². The molecule has 0 aromatic heterocycles. The third-order valence-electron chi connectivity index (χ3n) is 2.42. The molecule has 0 aliphatic rings. The van der Waals surface area contributed by atoms with E-state index in [1.54, 1.807) is 18.2 Å². The van der Waals surface area contributed by atoms with Crippen molar-refractivity contribution in [2.24, 2.45) is 0 Å². The lowest BCUT2D eigenvalue weighted by Crippen LogP contribution is -2.32. The molecule has 6 heteroatoms. The molecule has 0 fully saturated rings. The lowest BCUT2D eigenvalue weighted by Gasteiger charge is -2.12. The maximum absolute atomic E-state index is 11.9. The fourth-order valence-corrected chi connectivity index (χ4v) is 2.65. The van der Waals surface area contributed by atoms with Crippen molar-refractivity contribution in [2.45, 2.75) is 5.75 Å². The van der Waals surface area contributed by atoms with Crippen LogP contribution in [0.25, 0.3) is 0 Å². The van der Waals surface area contributed by atoms with E-state index < -0.39 is 10.0 Å². The predicted octanol–water partition coefficient (Wildman–Crippen LogP) is 0.676. The van der Waals surface area contributed by atoms with Gasteiger partial charge in [0.2, 0.25) is 10.0 Å². The Bertz CT molecular complexity index is 472. The highest BCUT2D eigenvalue weighted by Crippen LogP contribution is 2.19. The normalized spacial score (nSPS) is 11.8. The lowest BCUT2D eigenvalue weighted by atomic mass is 10.2. The first-order chi connectivity index (χ1) is 8.44. The topological polar surface area (TPSA) is 58.6 Å². The molecule has 0 bridgehead atoms. The zero-order valence-electron chi connectivity index (χ0n) is 11.0. The van der Waals surface area contributed by atoms with Crippen molar-refractivity contribution in [3.63, 3.8) is 0 Å². The van der Waals surface area contributed by atoms with Crippen LogP contribution in [0.1, 0.15) is 5.56 Å². The highest BCUT2D eigenvalue weighted by Gasteiger charge is 2.13. The van der Waals surface area contributed by atoms with Crippen molar-refractivity contribution in [1.29, 1.82) is 0 Å². The Hall–Kier alpha value is -1.11. The number of para-hydroxylation sites is 1. The Balaban J connectivity index is 2.65. The third kappa shape index (κ3) is 5.03. The molecule has 1 aromatic carbocycles. The largest absolute Gasteiger partial charge is 0.496 e. The number of likely N-dealkylation sites (N-methyl/N-ethyl adjacent to an activating group) is 1. The molecule has 0 saturated heterocycles. The zero-order valence-corrected chi connectivity index (χ0v) is 11.8. The molecule has 1 aromatic rings. The first-order valence-corrected chi connectivity index (χ1v) is 7.34. The summed E-state index contributed by atoms with van der Waals surface area (Å²) in [6, 6.07) is 7.12. The number of hydrogen-bond acceptors (Lipinski definition) is 4. The van der Waals surface area contributed by atoms with E-state index in [0.717, 1.165) is 0 Å². The Morgan fingerprint density at radius 2 is 1.94 bits per heavy atom. The summed E-state index contributed by atoms with van der Waals surface area (Å²) in [6.07, 6.45) is 0. The van der Waals surface area contributed by atoms with Gasteiger partial charge in [-0.15, -0.1) is 0 Å². The van der Waals surface area contributed by atoms with E-state index in [0.29, 0.717) is 24.4 Å². The summed E-state index contributed by atoms with van der Waals surface area (Å²) in [5.74, 6) is 0.528. The van der Waals surface area contributed by atoms with Crippen LogP contribution in [0.3, 0.4) is 0 Å². The molecule has 0 radical (unpaired) electrons. The van der Waals surface area contributed by atoms with Crippen molar-refractivity contribution in [2.75, 3.05) is 34.3 Å². The fourth-order valence-electron chi connectivity index (χ4n) is 1.50.